The summed E-state index contributed by atoms with van der Waals surface area (Å²) < 4.78 is 2.43. The van der Waals surface area contributed by atoms with E-state index in [1.807, 2.05) is 0 Å². The molecule has 0 amide bonds. The summed E-state index contributed by atoms with van der Waals surface area (Å²) in [6.07, 6.45) is 1.38. The molecule has 0 saturated heterocycles. The first-order valence-corrected chi connectivity index (χ1v) is 8.13. The van der Waals surface area contributed by atoms with Crippen LogP contribution in [0.2, 0.25) is 1.13 Å². The van der Waals surface area contributed by atoms with Gasteiger partial charge in [0.1, 0.15) is 0 Å². The summed E-state index contributed by atoms with van der Waals surface area (Å²) in [6.45, 7) is 11.6. The van der Waals surface area contributed by atoms with E-state index < -0.39 is 0 Å². The second-order valence-electron chi connectivity index (χ2n) is 3.82. The van der Waals surface area contributed by atoms with E-state index in [-0.39, 0.29) is 44.6 Å². The van der Waals surface area contributed by atoms with E-state index in [2.05, 4.69) is 34.6 Å². The Balaban J connectivity index is 2.77. The summed E-state index contributed by atoms with van der Waals surface area (Å²) in [5, 5.41) is 0. The molecule has 0 aromatic carbocycles. The van der Waals surface area contributed by atoms with Gasteiger partial charge in [0.05, 0.1) is 0 Å². The van der Waals surface area contributed by atoms with Gasteiger partial charge in [-0.3, -0.25) is 0 Å². The molecule has 1 aliphatic carbocycles. The van der Waals surface area contributed by atoms with Crippen molar-refractivity contribution in [3.63, 3.8) is 0 Å². The predicted octanol–water partition coefficient (Wildman–Crippen LogP) is 4.37. The van der Waals surface area contributed by atoms with Gasteiger partial charge in [-0.05, 0) is 0 Å². The maximum absolute atomic E-state index is 2.34. The molecule has 0 nitrogen and oxygen atoms in total. The van der Waals surface area contributed by atoms with E-state index >= 15 is 0 Å². The normalized spacial score (nSPS) is 19.2. The molecule has 13 heavy (non-hydrogen) atoms. The third-order valence-corrected chi connectivity index (χ3v) is 7.96. The average molecular weight is 316 g/mol. The minimum atomic E-state index is -0.0102. The molecule has 0 radical (unpaired) electrons. The summed E-state index contributed by atoms with van der Waals surface area (Å²) in [5.74, 6) is 0. The molecular weight excluding hydrogens is 296 g/mol. The Kier molecular flexibility index (Phi) is 4.88. The molecule has 0 fully saturated rings. The molecule has 0 aliphatic heterocycles. The van der Waals surface area contributed by atoms with Crippen LogP contribution in [0.1, 0.15) is 41.0 Å². The summed E-state index contributed by atoms with van der Waals surface area (Å²) >= 11 is -0.0102. The van der Waals surface area contributed by atoms with Gasteiger partial charge in [0.25, 0.3) is 0 Å². The van der Waals surface area contributed by atoms with Crippen molar-refractivity contribution >= 4 is 0 Å². The molecule has 1 aliphatic rings. The standard InChI is InChI=1S/C9H13.C3H7.Eu/c1-6-5-7(2)9(4)8(6)3;1-3-2;/h5H,1-4H3;1,3H2,2H3;. The predicted molar refractivity (Wildman–Crippen MR) is 55.6 cm³/mol. The summed E-state index contributed by atoms with van der Waals surface area (Å²) in [5.41, 5.74) is 6.52. The molecule has 1 heteroatoms. The fourth-order valence-corrected chi connectivity index (χ4v) is 5.68. The van der Waals surface area contributed by atoms with Gasteiger partial charge in [0.2, 0.25) is 0 Å². The van der Waals surface area contributed by atoms with E-state index in [4.69, 9.17) is 0 Å². The number of allylic oxidation sites excluding steroid dienone is 4. The van der Waals surface area contributed by atoms with Crippen LogP contribution in [0, 0.1) is 44.6 Å². The molecule has 0 N–H and O–H groups in total. The molecule has 0 unspecified atom stereocenters. The van der Waals surface area contributed by atoms with Crippen molar-refractivity contribution in [2.24, 2.45) is 0 Å². The monoisotopic (exact) mass is 317 g/mol. The number of rotatable bonds is 3. The van der Waals surface area contributed by atoms with Crippen LogP contribution in [0.25, 0.3) is 0 Å². The fraction of sp³-hybridized carbons (Fsp3) is 0.667. The van der Waals surface area contributed by atoms with Gasteiger partial charge in [-0.15, -0.1) is 0 Å². The van der Waals surface area contributed by atoms with Crippen LogP contribution in [0.4, 0.5) is 0 Å². The fourth-order valence-electron chi connectivity index (χ4n) is 1.75. The minimum absolute atomic E-state index is 0.0102. The third kappa shape index (κ3) is 2.55. The molecule has 0 bridgehead atoms. The Morgan fingerprint density at radius 1 is 1.00 bits per heavy atom. The zero-order chi connectivity index (χ0) is 10.0. The summed E-state index contributed by atoms with van der Waals surface area (Å²) in [7, 11) is 0. The van der Waals surface area contributed by atoms with Crippen LogP contribution in [0.3, 0.4) is 0 Å². The Labute approximate surface area is 107 Å². The van der Waals surface area contributed by atoms with Crippen LogP contribution in [-0.4, -0.2) is 0 Å². The molecule has 0 aromatic rings. The molecule has 0 aromatic heterocycles. The first kappa shape index (κ1) is 12.1. The van der Waals surface area contributed by atoms with E-state index in [1.54, 1.807) is 22.3 Å². The quantitative estimate of drug-likeness (QED) is 0.725. The zero-order valence-corrected chi connectivity index (χ0v) is 11.8. The van der Waals surface area contributed by atoms with Crippen molar-refractivity contribution in [1.82, 2.24) is 0 Å². The van der Waals surface area contributed by atoms with Crippen molar-refractivity contribution in [3.8, 4) is 0 Å². The molecule has 0 heterocycles. The van der Waals surface area contributed by atoms with Gasteiger partial charge >= 0.3 is 109 Å². The van der Waals surface area contributed by atoms with Crippen molar-refractivity contribution in [3.05, 3.63) is 22.3 Å². The summed E-state index contributed by atoms with van der Waals surface area (Å²) in [6, 6.07) is 0. The van der Waals surface area contributed by atoms with Crippen molar-refractivity contribution in [2.75, 3.05) is 0 Å². The van der Waals surface area contributed by atoms with E-state index in [9.17, 15) is 0 Å². The first-order chi connectivity index (χ1) is 6.09. The molecular formula is C12H20Eu. The molecule has 75 valence electrons. The SMILES string of the molecule is CC[CH2][Eu][CH]1C(C)=C(C)C(C)=C1C. The number of hydrogen-bond donors (Lipinski definition) is 0. The van der Waals surface area contributed by atoms with Crippen molar-refractivity contribution in [1.29, 1.82) is 0 Å². The van der Waals surface area contributed by atoms with E-state index in [1.165, 1.54) is 7.24 Å². The van der Waals surface area contributed by atoms with Crippen LogP contribution in [0.5, 0.6) is 0 Å². The molecule has 1 rings (SSSR count). The average Bonchev–Trinajstić information content (AvgIpc) is 2.30. The molecule has 0 spiro atoms. The van der Waals surface area contributed by atoms with Crippen molar-refractivity contribution < 1.29 is 44.6 Å². The summed E-state index contributed by atoms with van der Waals surface area (Å²) in [4.78, 5) is 0. The second-order valence-corrected chi connectivity index (χ2v) is 7.42. The number of hydrogen-bond acceptors (Lipinski definition) is 0. The van der Waals surface area contributed by atoms with Crippen LogP contribution in [-0.2, 0) is 0 Å². The van der Waals surface area contributed by atoms with Crippen molar-refractivity contribution in [2.45, 2.75) is 42.2 Å². The van der Waals surface area contributed by atoms with Gasteiger partial charge in [-0.2, -0.15) is 0 Å². The van der Waals surface area contributed by atoms with Crippen LogP contribution in [0.15, 0.2) is 22.3 Å². The van der Waals surface area contributed by atoms with Crippen LogP contribution >= 0.6 is 0 Å². The topological polar surface area (TPSA) is 0 Å². The van der Waals surface area contributed by atoms with Gasteiger partial charge in [0.15, 0.2) is 0 Å². The first-order valence-electron chi connectivity index (χ1n) is 5.02. The molecule has 0 saturated carbocycles. The van der Waals surface area contributed by atoms with Gasteiger partial charge < -0.3 is 0 Å². The Hall–Kier alpha value is 1.06. The molecule has 0 atom stereocenters. The van der Waals surface area contributed by atoms with Gasteiger partial charge in [-0.25, -0.2) is 0 Å². The second kappa shape index (κ2) is 5.23. The zero-order valence-electron chi connectivity index (χ0n) is 9.37. The third-order valence-electron chi connectivity index (χ3n) is 2.96. The van der Waals surface area contributed by atoms with E-state index in [0.29, 0.717) is 0 Å². The Morgan fingerprint density at radius 3 is 1.85 bits per heavy atom. The Morgan fingerprint density at radius 2 is 1.46 bits per heavy atom. The maximum atomic E-state index is 2.34. The Bertz CT molecular complexity index is 234. The van der Waals surface area contributed by atoms with Crippen LogP contribution < -0.4 is 0 Å². The van der Waals surface area contributed by atoms with Gasteiger partial charge in [-0.1, -0.05) is 0 Å². The van der Waals surface area contributed by atoms with Gasteiger partial charge in [0, 0.05) is 0 Å². The van der Waals surface area contributed by atoms with E-state index in [0.717, 1.165) is 0.312 Å².